The van der Waals surface area contributed by atoms with E-state index < -0.39 is 41.6 Å². The SMILES string of the molecule is COc1cc([N+](=O)[O-])ccc1NC(=O)COC(=O)Cc1cccc(C(F)(F)F)c1. The molecule has 2 aromatic rings. The molecule has 0 aliphatic heterocycles. The summed E-state index contributed by atoms with van der Waals surface area (Å²) < 4.78 is 47.8. The highest BCUT2D eigenvalue weighted by molar-refractivity contribution is 5.94. The van der Waals surface area contributed by atoms with Crippen molar-refractivity contribution in [3.63, 3.8) is 0 Å². The highest BCUT2D eigenvalue weighted by atomic mass is 19.4. The molecule has 1 N–H and O–H groups in total. The number of rotatable bonds is 7. The molecule has 0 aliphatic rings. The molecule has 0 radical (unpaired) electrons. The molecule has 0 bridgehead atoms. The first-order valence-electron chi connectivity index (χ1n) is 8.04. The zero-order valence-corrected chi connectivity index (χ0v) is 15.0. The van der Waals surface area contributed by atoms with Gasteiger partial charge in [0.2, 0.25) is 0 Å². The summed E-state index contributed by atoms with van der Waals surface area (Å²) in [6.45, 7) is -0.696. The second kappa shape index (κ2) is 9.04. The van der Waals surface area contributed by atoms with E-state index in [-0.39, 0.29) is 22.7 Å². The first-order valence-corrected chi connectivity index (χ1v) is 8.04. The lowest BCUT2D eigenvalue weighted by Gasteiger charge is -2.11. The molecule has 8 nitrogen and oxygen atoms in total. The number of non-ortho nitro benzene ring substituents is 1. The number of nitro groups is 1. The summed E-state index contributed by atoms with van der Waals surface area (Å²) in [5.41, 5.74) is -0.933. The van der Waals surface area contributed by atoms with Crippen molar-refractivity contribution in [1.29, 1.82) is 0 Å². The Bertz CT molecular complexity index is 930. The van der Waals surface area contributed by atoms with Gasteiger partial charge in [-0.05, 0) is 17.7 Å². The molecule has 2 aromatic carbocycles. The van der Waals surface area contributed by atoms with Crippen LogP contribution in [0.1, 0.15) is 11.1 Å². The minimum atomic E-state index is -4.54. The molecule has 11 heteroatoms. The molecule has 0 atom stereocenters. The number of carbonyl (C=O) groups excluding carboxylic acids is 2. The van der Waals surface area contributed by atoms with Gasteiger partial charge < -0.3 is 14.8 Å². The van der Waals surface area contributed by atoms with Gasteiger partial charge in [0, 0.05) is 6.07 Å². The molecule has 0 aromatic heterocycles. The van der Waals surface area contributed by atoms with Gasteiger partial charge in [-0.3, -0.25) is 19.7 Å². The Balaban J connectivity index is 1.93. The van der Waals surface area contributed by atoms with Gasteiger partial charge in [-0.15, -0.1) is 0 Å². The third kappa shape index (κ3) is 6.19. The van der Waals surface area contributed by atoms with Crippen molar-refractivity contribution in [3.8, 4) is 5.75 Å². The van der Waals surface area contributed by atoms with Crippen LogP contribution < -0.4 is 10.1 Å². The molecule has 154 valence electrons. The summed E-state index contributed by atoms with van der Waals surface area (Å²) in [6, 6.07) is 7.70. The van der Waals surface area contributed by atoms with Gasteiger partial charge >= 0.3 is 12.1 Å². The van der Waals surface area contributed by atoms with E-state index in [1.807, 2.05) is 0 Å². The Morgan fingerprint density at radius 3 is 2.52 bits per heavy atom. The zero-order valence-electron chi connectivity index (χ0n) is 15.0. The van der Waals surface area contributed by atoms with E-state index >= 15 is 0 Å². The van der Waals surface area contributed by atoms with E-state index in [2.05, 4.69) is 5.32 Å². The number of ether oxygens (including phenoxy) is 2. The van der Waals surface area contributed by atoms with Crippen molar-refractivity contribution in [2.45, 2.75) is 12.6 Å². The predicted molar refractivity (Wildman–Crippen MR) is 94.4 cm³/mol. The number of halogens is 3. The van der Waals surface area contributed by atoms with Gasteiger partial charge in [0.1, 0.15) is 5.75 Å². The zero-order chi connectivity index (χ0) is 21.6. The van der Waals surface area contributed by atoms with Crippen LogP contribution in [0.25, 0.3) is 0 Å². The quantitative estimate of drug-likeness (QED) is 0.425. The summed E-state index contributed by atoms with van der Waals surface area (Å²) in [7, 11) is 1.25. The maximum atomic E-state index is 12.7. The molecule has 0 aliphatic carbocycles. The van der Waals surface area contributed by atoms with Crippen molar-refractivity contribution in [2.24, 2.45) is 0 Å². The van der Waals surface area contributed by atoms with E-state index in [9.17, 15) is 32.9 Å². The molecule has 0 saturated carbocycles. The van der Waals surface area contributed by atoms with Gasteiger partial charge in [0.25, 0.3) is 11.6 Å². The number of carbonyl (C=O) groups is 2. The lowest BCUT2D eigenvalue weighted by Crippen LogP contribution is -2.22. The van der Waals surface area contributed by atoms with Crippen LogP contribution in [0, 0.1) is 10.1 Å². The van der Waals surface area contributed by atoms with Crippen LogP contribution in [0.15, 0.2) is 42.5 Å². The van der Waals surface area contributed by atoms with Crippen LogP contribution in [0.5, 0.6) is 5.75 Å². The van der Waals surface area contributed by atoms with E-state index in [0.717, 1.165) is 24.3 Å². The summed E-state index contributed by atoms with van der Waals surface area (Å²) in [6.07, 6.45) is -4.98. The summed E-state index contributed by atoms with van der Waals surface area (Å²) in [5, 5.41) is 13.1. The standard InChI is InChI=1S/C18H15F3N2O6/c1-28-15-9-13(23(26)27)5-6-14(15)22-16(24)10-29-17(25)8-11-3-2-4-12(7-11)18(19,20)21/h2-7,9H,8,10H2,1H3,(H,22,24). The van der Waals surface area contributed by atoms with Crippen LogP contribution in [0.3, 0.4) is 0 Å². The number of hydrogen-bond donors (Lipinski definition) is 1. The van der Waals surface area contributed by atoms with Gasteiger partial charge in [-0.1, -0.05) is 18.2 Å². The number of nitrogens with zero attached hydrogens (tertiary/aromatic N) is 1. The van der Waals surface area contributed by atoms with Crippen LogP contribution >= 0.6 is 0 Å². The number of nitro benzene ring substituents is 1. The lowest BCUT2D eigenvalue weighted by molar-refractivity contribution is -0.384. The summed E-state index contributed by atoms with van der Waals surface area (Å²) in [4.78, 5) is 33.8. The first-order chi connectivity index (χ1) is 13.6. The van der Waals surface area contributed by atoms with Gasteiger partial charge in [0.05, 0.1) is 35.8 Å². The number of benzene rings is 2. The average molecular weight is 412 g/mol. The van der Waals surface area contributed by atoms with Crippen molar-refractivity contribution in [1.82, 2.24) is 0 Å². The molecule has 2 rings (SSSR count). The molecular formula is C18H15F3N2O6. The molecule has 29 heavy (non-hydrogen) atoms. The minimum Gasteiger partial charge on any atom is -0.494 e. The molecule has 0 spiro atoms. The fourth-order valence-electron chi connectivity index (χ4n) is 2.30. The topological polar surface area (TPSA) is 108 Å². The van der Waals surface area contributed by atoms with Crippen molar-refractivity contribution in [3.05, 3.63) is 63.7 Å². The summed E-state index contributed by atoms with van der Waals surface area (Å²) >= 11 is 0. The predicted octanol–water partition coefficient (Wildman–Crippen LogP) is 3.35. The fourth-order valence-corrected chi connectivity index (χ4v) is 2.30. The van der Waals surface area contributed by atoms with Gasteiger partial charge in [0.15, 0.2) is 6.61 Å². The Morgan fingerprint density at radius 2 is 1.90 bits per heavy atom. The van der Waals surface area contributed by atoms with Crippen LogP contribution in [-0.4, -0.2) is 30.5 Å². The van der Waals surface area contributed by atoms with Gasteiger partial charge in [-0.25, -0.2) is 0 Å². The van der Waals surface area contributed by atoms with Crippen LogP contribution in [0.2, 0.25) is 0 Å². The fraction of sp³-hybridized carbons (Fsp3) is 0.222. The van der Waals surface area contributed by atoms with Crippen LogP contribution in [0.4, 0.5) is 24.5 Å². The number of amides is 1. The van der Waals surface area contributed by atoms with E-state index in [1.54, 1.807) is 0 Å². The van der Waals surface area contributed by atoms with E-state index in [0.29, 0.717) is 0 Å². The summed E-state index contributed by atoms with van der Waals surface area (Å²) in [5.74, 6) is -1.62. The number of nitrogens with one attached hydrogen (secondary N) is 1. The molecule has 1 amide bonds. The Morgan fingerprint density at radius 1 is 1.17 bits per heavy atom. The highest BCUT2D eigenvalue weighted by Crippen LogP contribution is 2.30. The number of esters is 1. The smallest absolute Gasteiger partial charge is 0.416 e. The third-order valence-corrected chi connectivity index (χ3v) is 3.64. The number of anilines is 1. The first kappa shape index (κ1) is 21.7. The third-order valence-electron chi connectivity index (χ3n) is 3.64. The average Bonchev–Trinajstić information content (AvgIpc) is 2.66. The number of hydrogen-bond acceptors (Lipinski definition) is 6. The van der Waals surface area contributed by atoms with Crippen molar-refractivity contribution >= 4 is 23.3 Å². The van der Waals surface area contributed by atoms with E-state index in [4.69, 9.17) is 9.47 Å². The molecule has 0 fully saturated rings. The normalized spacial score (nSPS) is 10.9. The molecule has 0 unspecified atom stereocenters. The Hall–Kier alpha value is -3.63. The second-order valence-corrected chi connectivity index (χ2v) is 5.73. The highest BCUT2D eigenvalue weighted by Gasteiger charge is 2.30. The maximum absolute atomic E-state index is 12.7. The van der Waals surface area contributed by atoms with Crippen molar-refractivity contribution < 1.29 is 37.2 Å². The Labute approximate surface area is 162 Å². The second-order valence-electron chi connectivity index (χ2n) is 5.73. The molecule has 0 saturated heterocycles. The van der Waals surface area contributed by atoms with Crippen molar-refractivity contribution in [2.75, 3.05) is 19.0 Å². The molecule has 0 heterocycles. The Kier molecular flexibility index (Phi) is 6.75. The minimum absolute atomic E-state index is 0.0304. The largest absolute Gasteiger partial charge is 0.494 e. The number of alkyl halides is 3. The van der Waals surface area contributed by atoms with Gasteiger partial charge in [-0.2, -0.15) is 13.2 Å². The molecular weight excluding hydrogens is 397 g/mol. The maximum Gasteiger partial charge on any atom is 0.416 e. The van der Waals surface area contributed by atoms with Crippen LogP contribution in [-0.2, 0) is 26.9 Å². The number of methoxy groups -OCH3 is 1. The van der Waals surface area contributed by atoms with E-state index in [1.165, 1.54) is 25.3 Å². The lowest BCUT2D eigenvalue weighted by atomic mass is 10.1. The monoisotopic (exact) mass is 412 g/mol.